The van der Waals surface area contributed by atoms with Crippen molar-refractivity contribution in [3.63, 3.8) is 0 Å². The van der Waals surface area contributed by atoms with Crippen LogP contribution in [0.4, 0.5) is 0 Å². The van der Waals surface area contributed by atoms with Crippen molar-refractivity contribution in [2.75, 3.05) is 13.7 Å². The third-order valence-corrected chi connectivity index (χ3v) is 2.66. The summed E-state index contributed by atoms with van der Waals surface area (Å²) in [6.07, 6.45) is -2.68. The molecule has 0 bridgehead atoms. The molecule has 0 radical (unpaired) electrons. The molecule has 1 aromatic rings. The number of rotatable bonds is 4. The highest BCUT2D eigenvalue weighted by Gasteiger charge is 2.44. The van der Waals surface area contributed by atoms with Gasteiger partial charge in [0.1, 0.15) is 24.6 Å². The fourth-order valence-corrected chi connectivity index (χ4v) is 1.76. The van der Waals surface area contributed by atoms with Crippen LogP contribution >= 0.6 is 0 Å². The van der Waals surface area contributed by atoms with E-state index >= 15 is 0 Å². The van der Waals surface area contributed by atoms with E-state index in [0.29, 0.717) is 0 Å². The molecule has 9 heteroatoms. The normalized spacial score (nSPS) is 31.7. The number of primary amides is 1. The minimum absolute atomic E-state index is 0.131. The van der Waals surface area contributed by atoms with E-state index in [1.165, 1.54) is 13.4 Å². The summed E-state index contributed by atoms with van der Waals surface area (Å²) < 4.78 is 11.4. The summed E-state index contributed by atoms with van der Waals surface area (Å²) in [6, 6.07) is 0. The van der Waals surface area contributed by atoms with Crippen LogP contribution in [0.2, 0.25) is 0 Å². The first-order chi connectivity index (χ1) is 8.54. The minimum Gasteiger partial charge on any atom is -0.387 e. The van der Waals surface area contributed by atoms with Crippen LogP contribution in [-0.4, -0.2) is 62.9 Å². The Morgan fingerprint density at radius 1 is 1.61 bits per heavy atom. The Hall–Kier alpha value is -1.55. The summed E-state index contributed by atoms with van der Waals surface area (Å²) in [6.45, 7) is 0.131. The molecular weight excluding hydrogens is 244 g/mol. The Kier molecular flexibility index (Phi) is 3.57. The molecule has 18 heavy (non-hydrogen) atoms. The van der Waals surface area contributed by atoms with Crippen LogP contribution in [0.25, 0.3) is 0 Å². The van der Waals surface area contributed by atoms with Crippen LogP contribution in [-0.2, 0) is 9.47 Å². The lowest BCUT2D eigenvalue weighted by molar-refractivity contribution is -0.0648. The maximum absolute atomic E-state index is 10.9. The molecule has 1 aromatic heterocycles. The van der Waals surface area contributed by atoms with Crippen LogP contribution in [0.15, 0.2) is 6.33 Å². The standard InChI is InChI=1S/C9H14N4O5/c1-17-2-4-5(14)6(15)9(18-4)13-3-11-8(12-13)7(10)16/h3-6,9,14-15H,2H2,1H3,(H2,10,16)/t4-,5-,6-,9-/m1/s1. The Labute approximate surface area is 102 Å². The average molecular weight is 258 g/mol. The number of nitrogens with zero attached hydrogens (tertiary/aromatic N) is 3. The summed E-state index contributed by atoms with van der Waals surface area (Å²) in [4.78, 5) is 14.5. The van der Waals surface area contributed by atoms with Crippen LogP contribution in [0, 0.1) is 0 Å². The fraction of sp³-hybridized carbons (Fsp3) is 0.667. The van der Waals surface area contributed by atoms with E-state index in [0.717, 1.165) is 4.68 Å². The van der Waals surface area contributed by atoms with E-state index in [9.17, 15) is 15.0 Å². The van der Waals surface area contributed by atoms with Gasteiger partial charge in [0.15, 0.2) is 6.23 Å². The molecule has 4 atom stereocenters. The second kappa shape index (κ2) is 4.98. The van der Waals surface area contributed by atoms with Gasteiger partial charge in [-0.05, 0) is 0 Å². The van der Waals surface area contributed by atoms with Gasteiger partial charge in [0.25, 0.3) is 5.91 Å². The number of amides is 1. The molecule has 1 saturated heterocycles. The van der Waals surface area contributed by atoms with E-state index in [1.54, 1.807) is 0 Å². The zero-order valence-corrected chi connectivity index (χ0v) is 9.63. The molecule has 1 amide bonds. The molecule has 0 aliphatic carbocycles. The molecule has 0 aromatic carbocycles. The molecule has 0 unspecified atom stereocenters. The topological polar surface area (TPSA) is 133 Å². The Morgan fingerprint density at radius 2 is 2.33 bits per heavy atom. The second-order valence-corrected chi connectivity index (χ2v) is 3.91. The van der Waals surface area contributed by atoms with Crippen molar-refractivity contribution in [1.82, 2.24) is 14.8 Å². The maximum atomic E-state index is 10.9. The summed E-state index contributed by atoms with van der Waals surface area (Å²) in [7, 11) is 1.45. The van der Waals surface area contributed by atoms with E-state index in [2.05, 4.69) is 10.1 Å². The number of hydrogen-bond donors (Lipinski definition) is 3. The smallest absolute Gasteiger partial charge is 0.288 e. The maximum Gasteiger partial charge on any atom is 0.288 e. The number of carbonyl (C=O) groups is 1. The van der Waals surface area contributed by atoms with Crippen LogP contribution in [0.1, 0.15) is 16.8 Å². The summed E-state index contributed by atoms with van der Waals surface area (Å²) in [5, 5.41) is 23.3. The number of methoxy groups -OCH3 is 1. The van der Waals surface area contributed by atoms with Crippen molar-refractivity contribution in [3.05, 3.63) is 12.2 Å². The van der Waals surface area contributed by atoms with Gasteiger partial charge < -0.3 is 25.4 Å². The third-order valence-electron chi connectivity index (χ3n) is 2.66. The molecule has 0 spiro atoms. The molecular formula is C9H14N4O5. The third kappa shape index (κ3) is 2.20. The largest absolute Gasteiger partial charge is 0.387 e. The monoisotopic (exact) mass is 258 g/mol. The van der Waals surface area contributed by atoms with Gasteiger partial charge in [-0.25, -0.2) is 9.67 Å². The second-order valence-electron chi connectivity index (χ2n) is 3.91. The molecule has 4 N–H and O–H groups in total. The first kappa shape index (κ1) is 12.9. The molecule has 100 valence electrons. The number of aliphatic hydroxyl groups is 2. The lowest BCUT2D eigenvalue weighted by Gasteiger charge is -2.13. The zero-order chi connectivity index (χ0) is 13.3. The average Bonchev–Trinajstić information content (AvgIpc) is 2.90. The predicted octanol–water partition coefficient (Wildman–Crippen LogP) is -2.36. The van der Waals surface area contributed by atoms with Gasteiger partial charge in [-0.15, -0.1) is 5.10 Å². The molecule has 1 aliphatic heterocycles. The molecule has 0 saturated carbocycles. The number of ether oxygens (including phenoxy) is 2. The lowest BCUT2D eigenvalue weighted by Crippen LogP contribution is -2.33. The zero-order valence-electron chi connectivity index (χ0n) is 9.63. The quantitative estimate of drug-likeness (QED) is 0.550. The summed E-state index contributed by atoms with van der Waals surface area (Å²) in [5.74, 6) is -0.967. The summed E-state index contributed by atoms with van der Waals surface area (Å²) >= 11 is 0. The molecule has 1 fully saturated rings. The summed E-state index contributed by atoms with van der Waals surface area (Å²) in [5.41, 5.74) is 5.01. The van der Waals surface area contributed by atoms with Crippen LogP contribution in [0.5, 0.6) is 0 Å². The van der Waals surface area contributed by atoms with Gasteiger partial charge >= 0.3 is 0 Å². The SMILES string of the molecule is COC[C@H]1O[C@@H](n2cnc(C(N)=O)n2)[C@H](O)[C@@H]1O. The highest BCUT2D eigenvalue weighted by Crippen LogP contribution is 2.28. The van der Waals surface area contributed by atoms with Crippen molar-refractivity contribution in [3.8, 4) is 0 Å². The Morgan fingerprint density at radius 3 is 2.89 bits per heavy atom. The number of aromatic nitrogens is 3. The van der Waals surface area contributed by atoms with E-state index in [1.807, 2.05) is 0 Å². The van der Waals surface area contributed by atoms with Gasteiger partial charge in [-0.3, -0.25) is 4.79 Å². The van der Waals surface area contributed by atoms with Crippen molar-refractivity contribution < 1.29 is 24.5 Å². The number of aliphatic hydroxyl groups excluding tert-OH is 2. The van der Waals surface area contributed by atoms with E-state index in [-0.39, 0.29) is 12.4 Å². The van der Waals surface area contributed by atoms with Crippen molar-refractivity contribution >= 4 is 5.91 Å². The van der Waals surface area contributed by atoms with Crippen LogP contribution < -0.4 is 5.73 Å². The number of hydrogen-bond acceptors (Lipinski definition) is 7. The van der Waals surface area contributed by atoms with Crippen LogP contribution in [0.3, 0.4) is 0 Å². The first-order valence-corrected chi connectivity index (χ1v) is 5.26. The minimum atomic E-state index is -1.19. The van der Waals surface area contributed by atoms with E-state index in [4.69, 9.17) is 15.2 Å². The van der Waals surface area contributed by atoms with Gasteiger partial charge in [-0.1, -0.05) is 0 Å². The van der Waals surface area contributed by atoms with Gasteiger partial charge in [0.2, 0.25) is 5.82 Å². The molecule has 2 rings (SSSR count). The van der Waals surface area contributed by atoms with Crippen molar-refractivity contribution in [2.24, 2.45) is 5.73 Å². The Balaban J connectivity index is 2.15. The number of nitrogens with two attached hydrogens (primary N) is 1. The molecule has 1 aliphatic rings. The Bertz CT molecular complexity index is 436. The molecule has 2 heterocycles. The van der Waals surface area contributed by atoms with E-state index < -0.39 is 30.4 Å². The first-order valence-electron chi connectivity index (χ1n) is 5.26. The lowest BCUT2D eigenvalue weighted by atomic mass is 10.1. The highest BCUT2D eigenvalue weighted by atomic mass is 16.6. The van der Waals surface area contributed by atoms with Crippen molar-refractivity contribution in [2.45, 2.75) is 24.5 Å². The predicted molar refractivity (Wildman–Crippen MR) is 56.3 cm³/mol. The van der Waals surface area contributed by atoms with Gasteiger partial charge in [-0.2, -0.15) is 0 Å². The van der Waals surface area contributed by atoms with Crippen molar-refractivity contribution in [1.29, 1.82) is 0 Å². The van der Waals surface area contributed by atoms with Gasteiger partial charge in [0.05, 0.1) is 6.61 Å². The fourth-order valence-electron chi connectivity index (χ4n) is 1.76. The van der Waals surface area contributed by atoms with Gasteiger partial charge in [0, 0.05) is 7.11 Å². The number of carbonyl (C=O) groups excluding carboxylic acids is 1. The highest BCUT2D eigenvalue weighted by molar-refractivity contribution is 5.88. The molecule has 9 nitrogen and oxygen atoms in total.